The average molecular weight is 479 g/mol. The summed E-state index contributed by atoms with van der Waals surface area (Å²) in [6.07, 6.45) is 4.69. The highest BCUT2D eigenvalue weighted by molar-refractivity contribution is 5.96. The molecule has 0 bridgehead atoms. The fourth-order valence-electron chi connectivity index (χ4n) is 5.70. The lowest BCUT2D eigenvalue weighted by Crippen LogP contribution is -2.60. The molecule has 184 valence electrons. The van der Waals surface area contributed by atoms with Crippen LogP contribution in [0.1, 0.15) is 52.0 Å². The van der Waals surface area contributed by atoms with Crippen molar-refractivity contribution in [3.8, 4) is 0 Å². The van der Waals surface area contributed by atoms with E-state index in [2.05, 4.69) is 10.9 Å². The van der Waals surface area contributed by atoms with Crippen LogP contribution in [0.15, 0.2) is 48.5 Å². The molecule has 3 amide bonds. The average Bonchev–Trinajstić information content (AvgIpc) is 2.91. The maximum absolute atomic E-state index is 14.7. The van der Waals surface area contributed by atoms with E-state index in [0.29, 0.717) is 38.2 Å². The van der Waals surface area contributed by atoms with Gasteiger partial charge in [0, 0.05) is 43.7 Å². The largest absolute Gasteiger partial charge is 0.335 e. The van der Waals surface area contributed by atoms with E-state index in [1.165, 1.54) is 6.07 Å². The maximum Gasteiger partial charge on any atom is 0.256 e. The van der Waals surface area contributed by atoms with Crippen molar-refractivity contribution in [1.82, 2.24) is 20.7 Å². The Kier molecular flexibility index (Phi) is 6.81. The van der Waals surface area contributed by atoms with E-state index in [1.807, 2.05) is 18.2 Å². The van der Waals surface area contributed by atoms with Crippen LogP contribution in [0.3, 0.4) is 0 Å². The lowest BCUT2D eigenvalue weighted by molar-refractivity contribution is -0.133. The molecule has 7 nitrogen and oxygen atoms in total. The minimum atomic E-state index is -0.540. The Hall–Kier alpha value is -3.26. The Morgan fingerprint density at radius 1 is 0.914 bits per heavy atom. The van der Waals surface area contributed by atoms with Crippen molar-refractivity contribution in [2.24, 2.45) is 11.8 Å². The van der Waals surface area contributed by atoms with Gasteiger partial charge in [-0.05, 0) is 55.0 Å². The highest BCUT2D eigenvalue weighted by atomic mass is 19.1. The number of piperazine rings is 1. The van der Waals surface area contributed by atoms with Gasteiger partial charge in [-0.25, -0.2) is 9.82 Å². The van der Waals surface area contributed by atoms with Crippen LogP contribution in [0.25, 0.3) is 0 Å². The van der Waals surface area contributed by atoms with Crippen LogP contribution >= 0.6 is 0 Å². The maximum atomic E-state index is 14.7. The number of hydrazine groups is 1. The van der Waals surface area contributed by atoms with Crippen molar-refractivity contribution in [2.45, 2.75) is 38.1 Å². The van der Waals surface area contributed by atoms with Gasteiger partial charge in [0.15, 0.2) is 0 Å². The molecular formula is C27H31FN4O3. The summed E-state index contributed by atoms with van der Waals surface area (Å²) in [4.78, 5) is 41.5. The van der Waals surface area contributed by atoms with Gasteiger partial charge in [0.1, 0.15) is 5.82 Å². The van der Waals surface area contributed by atoms with Crippen LogP contribution in [0.5, 0.6) is 0 Å². The zero-order valence-electron chi connectivity index (χ0n) is 19.7. The molecule has 3 unspecified atom stereocenters. The molecule has 2 heterocycles. The Balaban J connectivity index is 1.24. The minimum absolute atomic E-state index is 0.0199. The van der Waals surface area contributed by atoms with Gasteiger partial charge in [-0.15, -0.1) is 0 Å². The fourth-order valence-corrected chi connectivity index (χ4v) is 5.70. The standard InChI is InChI=1S/C27H31FN4O3/c28-23-11-10-18(17-24-20-8-4-5-9-21(20)25(33)30-29-24)16-22(23)27(35)32-14-12-31(13-15-32)26(34)19-6-2-1-3-7-19/h1-3,6-7,10-11,16,20-21,24,29H,4-5,8-9,12-15,17H2,(H,30,33). The second kappa shape index (κ2) is 10.2. The second-order valence-corrected chi connectivity index (χ2v) is 9.76. The van der Waals surface area contributed by atoms with Gasteiger partial charge < -0.3 is 9.80 Å². The van der Waals surface area contributed by atoms with Crippen molar-refractivity contribution in [2.75, 3.05) is 26.2 Å². The van der Waals surface area contributed by atoms with E-state index in [9.17, 15) is 18.8 Å². The Morgan fingerprint density at radius 3 is 2.34 bits per heavy atom. The van der Waals surface area contributed by atoms with Crippen LogP contribution in [0, 0.1) is 17.7 Å². The van der Waals surface area contributed by atoms with E-state index in [4.69, 9.17) is 0 Å². The highest BCUT2D eigenvalue weighted by Gasteiger charge is 2.40. The molecule has 3 fully saturated rings. The number of carbonyl (C=O) groups excluding carboxylic acids is 3. The summed E-state index contributed by atoms with van der Waals surface area (Å²) >= 11 is 0. The summed E-state index contributed by atoms with van der Waals surface area (Å²) < 4.78 is 14.7. The number of halogens is 1. The van der Waals surface area contributed by atoms with Crippen LogP contribution in [-0.4, -0.2) is 59.7 Å². The van der Waals surface area contributed by atoms with E-state index in [-0.39, 0.29) is 41.2 Å². The number of fused-ring (bicyclic) bond motifs is 1. The molecule has 1 aliphatic carbocycles. The fraction of sp³-hybridized carbons (Fsp3) is 0.444. The Bertz CT molecular complexity index is 1100. The molecule has 8 heteroatoms. The molecule has 5 rings (SSSR count). The first-order valence-electron chi connectivity index (χ1n) is 12.5. The Labute approximate surface area is 204 Å². The van der Waals surface area contributed by atoms with Gasteiger partial charge in [-0.3, -0.25) is 19.8 Å². The molecule has 2 aliphatic heterocycles. The number of hydrogen-bond donors (Lipinski definition) is 2. The van der Waals surface area contributed by atoms with Crippen molar-refractivity contribution in [3.05, 3.63) is 71.0 Å². The third-order valence-corrected chi connectivity index (χ3v) is 7.65. The monoisotopic (exact) mass is 478 g/mol. The van der Waals surface area contributed by atoms with Gasteiger partial charge in [0.05, 0.1) is 5.56 Å². The third kappa shape index (κ3) is 4.93. The topological polar surface area (TPSA) is 81.8 Å². The number of rotatable bonds is 4. The predicted molar refractivity (Wildman–Crippen MR) is 129 cm³/mol. The zero-order valence-corrected chi connectivity index (χ0v) is 19.7. The molecule has 2 N–H and O–H groups in total. The first-order chi connectivity index (χ1) is 17.0. The number of amides is 3. The van der Waals surface area contributed by atoms with Crippen molar-refractivity contribution < 1.29 is 18.8 Å². The van der Waals surface area contributed by atoms with Crippen LogP contribution in [0.2, 0.25) is 0 Å². The van der Waals surface area contributed by atoms with Gasteiger partial charge in [0.2, 0.25) is 5.91 Å². The number of carbonyl (C=O) groups is 3. The summed E-state index contributed by atoms with van der Waals surface area (Å²) in [5.74, 6) is -0.619. The quantitative estimate of drug-likeness (QED) is 0.708. The lowest BCUT2D eigenvalue weighted by atomic mass is 9.72. The molecule has 1 saturated carbocycles. The summed E-state index contributed by atoms with van der Waals surface area (Å²) in [6, 6.07) is 13.9. The van der Waals surface area contributed by atoms with E-state index >= 15 is 0 Å². The molecule has 0 spiro atoms. The Morgan fingerprint density at radius 2 is 1.60 bits per heavy atom. The zero-order chi connectivity index (χ0) is 24.4. The predicted octanol–water partition coefficient (Wildman–Crippen LogP) is 2.78. The molecule has 3 atom stereocenters. The molecule has 2 aromatic rings. The normalized spacial score (nSPS) is 24.5. The summed E-state index contributed by atoms with van der Waals surface area (Å²) in [7, 11) is 0. The molecular weight excluding hydrogens is 447 g/mol. The van der Waals surface area contributed by atoms with E-state index in [0.717, 1.165) is 31.2 Å². The highest BCUT2D eigenvalue weighted by Crippen LogP contribution is 2.35. The molecule has 3 aliphatic rings. The molecule has 2 aromatic carbocycles. The molecule has 0 radical (unpaired) electrons. The lowest BCUT2D eigenvalue weighted by Gasteiger charge is -2.41. The smallest absolute Gasteiger partial charge is 0.256 e. The van der Waals surface area contributed by atoms with Crippen LogP contribution < -0.4 is 10.9 Å². The minimum Gasteiger partial charge on any atom is -0.335 e. The molecule has 35 heavy (non-hydrogen) atoms. The number of nitrogens with zero attached hydrogens (tertiary/aromatic N) is 2. The van der Waals surface area contributed by atoms with E-state index in [1.54, 1.807) is 34.1 Å². The number of nitrogens with one attached hydrogen (secondary N) is 2. The van der Waals surface area contributed by atoms with Crippen molar-refractivity contribution >= 4 is 17.7 Å². The van der Waals surface area contributed by atoms with Crippen LogP contribution in [-0.2, 0) is 11.2 Å². The SMILES string of the molecule is O=C1NNC(Cc2ccc(F)c(C(=O)N3CCN(C(=O)c4ccccc4)CC3)c2)C2CCCCC12. The van der Waals surface area contributed by atoms with Gasteiger partial charge in [0.25, 0.3) is 11.8 Å². The summed E-state index contributed by atoms with van der Waals surface area (Å²) in [5.41, 5.74) is 7.50. The van der Waals surface area contributed by atoms with Gasteiger partial charge >= 0.3 is 0 Å². The first kappa shape index (κ1) is 23.5. The summed E-state index contributed by atoms with van der Waals surface area (Å²) in [5, 5.41) is 0. The third-order valence-electron chi connectivity index (χ3n) is 7.65. The number of hydrogen-bond acceptors (Lipinski definition) is 4. The van der Waals surface area contributed by atoms with Gasteiger partial charge in [-0.2, -0.15) is 0 Å². The van der Waals surface area contributed by atoms with E-state index < -0.39 is 5.82 Å². The molecule has 0 aromatic heterocycles. The number of benzene rings is 2. The second-order valence-electron chi connectivity index (χ2n) is 9.76. The summed E-state index contributed by atoms with van der Waals surface area (Å²) in [6.45, 7) is 1.55. The van der Waals surface area contributed by atoms with Crippen molar-refractivity contribution in [1.29, 1.82) is 0 Å². The van der Waals surface area contributed by atoms with Crippen molar-refractivity contribution in [3.63, 3.8) is 0 Å². The first-order valence-corrected chi connectivity index (χ1v) is 12.5. The molecule has 2 saturated heterocycles. The van der Waals surface area contributed by atoms with Gasteiger partial charge in [-0.1, -0.05) is 37.1 Å². The van der Waals surface area contributed by atoms with Crippen LogP contribution in [0.4, 0.5) is 4.39 Å².